The van der Waals surface area contributed by atoms with Crippen molar-refractivity contribution in [3.05, 3.63) is 56.5 Å². The summed E-state index contributed by atoms with van der Waals surface area (Å²) in [5.41, 5.74) is 0.690. The highest BCUT2D eigenvalue weighted by molar-refractivity contribution is 6.44. The van der Waals surface area contributed by atoms with Gasteiger partial charge in [0.15, 0.2) is 0 Å². The number of hydrogen-bond acceptors (Lipinski definition) is 4. The number of halogens is 4. The van der Waals surface area contributed by atoms with E-state index in [4.69, 9.17) is 46.4 Å². The second kappa shape index (κ2) is 8.92. The Kier molecular flexibility index (Phi) is 6.90. The van der Waals surface area contributed by atoms with Gasteiger partial charge in [-0.2, -0.15) is 0 Å². The highest BCUT2D eigenvalue weighted by atomic mass is 35.5. The van der Waals surface area contributed by atoms with Gasteiger partial charge in [0.2, 0.25) is 0 Å². The molecule has 2 amide bonds. The Balaban J connectivity index is 1.87. The molecule has 0 aromatic heterocycles. The summed E-state index contributed by atoms with van der Waals surface area (Å²) in [6.07, 6.45) is -0.112. The molecule has 0 aliphatic carbocycles. The van der Waals surface area contributed by atoms with Crippen molar-refractivity contribution >= 4 is 76.0 Å². The fraction of sp³-hybridized carbons (Fsp3) is 0. The largest absolute Gasteiger partial charge is 0.437 e. The maximum atomic E-state index is 11.7. The summed E-state index contributed by atoms with van der Waals surface area (Å²) >= 11 is 23.3. The van der Waals surface area contributed by atoms with Crippen molar-refractivity contribution < 1.29 is 14.4 Å². The van der Waals surface area contributed by atoms with Crippen LogP contribution >= 0.6 is 46.4 Å². The minimum Gasteiger partial charge on any atom is -0.320 e. The van der Waals surface area contributed by atoms with E-state index in [1.54, 1.807) is 24.3 Å². The molecule has 2 N–H and O–H groups in total. The average molecular weight is 421 g/mol. The van der Waals surface area contributed by atoms with Crippen LogP contribution in [0.25, 0.3) is 0 Å². The van der Waals surface area contributed by atoms with Gasteiger partial charge in [-0.1, -0.05) is 51.6 Å². The van der Waals surface area contributed by atoms with Gasteiger partial charge in [-0.3, -0.25) is 14.9 Å². The number of carbonyl (C=O) groups is 2. The number of amides is 2. The lowest BCUT2D eigenvalue weighted by atomic mass is 10.3. The van der Waals surface area contributed by atoms with E-state index in [2.05, 4.69) is 20.6 Å². The van der Waals surface area contributed by atoms with Gasteiger partial charge in [0.25, 0.3) is 5.91 Å². The molecule has 0 radical (unpaired) electrons. The molecule has 0 aliphatic rings. The van der Waals surface area contributed by atoms with E-state index in [1.165, 1.54) is 12.1 Å². The fourth-order valence-corrected chi connectivity index (χ4v) is 2.30. The molecule has 2 aromatic carbocycles. The lowest BCUT2D eigenvalue weighted by Crippen LogP contribution is -2.15. The molecule has 0 saturated carbocycles. The molecule has 0 bridgehead atoms. The first-order chi connectivity index (χ1) is 11.8. The highest BCUT2D eigenvalue weighted by Crippen LogP contribution is 2.32. The number of oxime groups is 1. The Morgan fingerprint density at radius 3 is 2.24 bits per heavy atom. The van der Waals surface area contributed by atoms with Crippen LogP contribution in [0, 0.1) is 0 Å². The maximum Gasteiger partial charge on any atom is 0.437 e. The lowest BCUT2D eigenvalue weighted by Gasteiger charge is -2.06. The standard InChI is InChI=1S/C15H9Cl4N3O3/c16-8-1-3-9(4-2-8)21-15(24)25-20-7-14(23)22-13-6-11(18)10(17)5-12(13)19/h1-7H,(H,21,24)(H,22,23)/b20-7+. The van der Waals surface area contributed by atoms with Crippen LogP contribution in [0.4, 0.5) is 16.2 Å². The molecule has 0 spiro atoms. The molecule has 130 valence electrons. The van der Waals surface area contributed by atoms with E-state index in [1.807, 2.05) is 0 Å². The van der Waals surface area contributed by atoms with Crippen LogP contribution in [-0.4, -0.2) is 18.2 Å². The third-order valence-electron chi connectivity index (χ3n) is 2.66. The van der Waals surface area contributed by atoms with E-state index in [0.29, 0.717) is 10.7 Å². The SMILES string of the molecule is O=C(/C=N/OC(=O)Nc1ccc(Cl)cc1)Nc1cc(Cl)c(Cl)cc1Cl. The number of anilines is 2. The summed E-state index contributed by atoms with van der Waals surface area (Å²) in [5, 5.41) is 9.27. The smallest absolute Gasteiger partial charge is 0.320 e. The van der Waals surface area contributed by atoms with Gasteiger partial charge >= 0.3 is 6.09 Å². The van der Waals surface area contributed by atoms with Gasteiger partial charge in [0.1, 0.15) is 6.21 Å². The average Bonchev–Trinajstić information content (AvgIpc) is 2.55. The summed E-state index contributed by atoms with van der Waals surface area (Å²) in [4.78, 5) is 27.7. The molecular formula is C15H9Cl4N3O3. The van der Waals surface area contributed by atoms with Crippen LogP contribution in [0.5, 0.6) is 0 Å². The van der Waals surface area contributed by atoms with Gasteiger partial charge in [0.05, 0.1) is 20.8 Å². The highest BCUT2D eigenvalue weighted by Gasteiger charge is 2.09. The second-order valence-electron chi connectivity index (χ2n) is 4.48. The minimum atomic E-state index is -0.876. The summed E-state index contributed by atoms with van der Waals surface area (Å²) < 4.78 is 0. The van der Waals surface area contributed by atoms with Crippen molar-refractivity contribution in [2.24, 2.45) is 5.16 Å². The van der Waals surface area contributed by atoms with Gasteiger partial charge in [-0.15, -0.1) is 0 Å². The third kappa shape index (κ3) is 6.10. The molecule has 10 heteroatoms. The maximum absolute atomic E-state index is 11.7. The molecular weight excluding hydrogens is 412 g/mol. The zero-order valence-corrected chi connectivity index (χ0v) is 15.2. The normalized spacial score (nSPS) is 10.6. The predicted octanol–water partition coefficient (Wildman–Crippen LogP) is 5.47. The molecule has 0 saturated heterocycles. The molecule has 0 fully saturated rings. The second-order valence-corrected chi connectivity index (χ2v) is 6.14. The van der Waals surface area contributed by atoms with Crippen LogP contribution in [0.15, 0.2) is 41.6 Å². The van der Waals surface area contributed by atoms with Crippen molar-refractivity contribution in [3.63, 3.8) is 0 Å². The quantitative estimate of drug-likeness (QED) is 0.297. The number of nitrogens with one attached hydrogen (secondary N) is 2. The number of benzene rings is 2. The Labute approximate surface area is 162 Å². The molecule has 2 aromatic rings. The van der Waals surface area contributed by atoms with E-state index < -0.39 is 12.0 Å². The molecule has 0 heterocycles. The zero-order chi connectivity index (χ0) is 18.4. The minimum absolute atomic E-state index is 0.192. The molecule has 2 rings (SSSR count). The van der Waals surface area contributed by atoms with Crippen LogP contribution in [0.3, 0.4) is 0 Å². The van der Waals surface area contributed by atoms with Gasteiger partial charge in [-0.05, 0) is 36.4 Å². The topological polar surface area (TPSA) is 79.8 Å². The van der Waals surface area contributed by atoms with Crippen molar-refractivity contribution in [1.82, 2.24) is 0 Å². The predicted molar refractivity (Wildman–Crippen MR) is 100 cm³/mol. The van der Waals surface area contributed by atoms with E-state index in [9.17, 15) is 9.59 Å². The monoisotopic (exact) mass is 419 g/mol. The Bertz CT molecular complexity index is 826. The zero-order valence-electron chi connectivity index (χ0n) is 12.2. The number of hydrogen-bond donors (Lipinski definition) is 2. The summed E-state index contributed by atoms with van der Waals surface area (Å²) in [6, 6.07) is 9.10. The third-order valence-corrected chi connectivity index (χ3v) is 3.95. The summed E-state index contributed by atoms with van der Waals surface area (Å²) in [5.74, 6) is -0.681. The van der Waals surface area contributed by atoms with Crippen LogP contribution in [-0.2, 0) is 9.63 Å². The van der Waals surface area contributed by atoms with E-state index >= 15 is 0 Å². The first-order valence-corrected chi connectivity index (χ1v) is 8.09. The van der Waals surface area contributed by atoms with Crippen LogP contribution in [0.1, 0.15) is 0 Å². The number of rotatable bonds is 4. The molecule has 0 unspecified atom stereocenters. The lowest BCUT2D eigenvalue weighted by molar-refractivity contribution is -0.110. The number of carbonyl (C=O) groups excluding carboxylic acids is 2. The van der Waals surface area contributed by atoms with Crippen molar-refractivity contribution in [3.8, 4) is 0 Å². The first-order valence-electron chi connectivity index (χ1n) is 6.57. The van der Waals surface area contributed by atoms with Crippen LogP contribution in [0.2, 0.25) is 20.1 Å². The number of nitrogens with zero attached hydrogens (tertiary/aromatic N) is 1. The van der Waals surface area contributed by atoms with Crippen LogP contribution < -0.4 is 10.6 Å². The molecule has 0 atom stereocenters. The Hall–Kier alpha value is -1.99. The van der Waals surface area contributed by atoms with Gasteiger partial charge in [0, 0.05) is 10.7 Å². The fourth-order valence-electron chi connectivity index (χ4n) is 1.58. The van der Waals surface area contributed by atoms with E-state index in [0.717, 1.165) is 6.21 Å². The summed E-state index contributed by atoms with van der Waals surface area (Å²) in [7, 11) is 0. The Morgan fingerprint density at radius 1 is 0.920 bits per heavy atom. The van der Waals surface area contributed by atoms with E-state index in [-0.39, 0.29) is 20.8 Å². The van der Waals surface area contributed by atoms with Crippen molar-refractivity contribution in [2.75, 3.05) is 10.6 Å². The van der Waals surface area contributed by atoms with Gasteiger partial charge < -0.3 is 5.32 Å². The van der Waals surface area contributed by atoms with Gasteiger partial charge in [-0.25, -0.2) is 4.79 Å². The first kappa shape index (κ1) is 19.3. The Morgan fingerprint density at radius 2 is 1.56 bits per heavy atom. The molecule has 6 nitrogen and oxygen atoms in total. The molecule has 0 aliphatic heterocycles. The van der Waals surface area contributed by atoms with Crippen molar-refractivity contribution in [1.29, 1.82) is 0 Å². The summed E-state index contributed by atoms with van der Waals surface area (Å²) in [6.45, 7) is 0. The molecule has 25 heavy (non-hydrogen) atoms. The van der Waals surface area contributed by atoms with Crippen molar-refractivity contribution in [2.45, 2.75) is 0 Å².